The smallest absolute Gasteiger partial charge is 0.176 e. The quantitative estimate of drug-likeness (QED) is 0.155. The molecule has 0 bridgehead atoms. The predicted molar refractivity (Wildman–Crippen MR) is 51.3 cm³/mol. The maximum Gasteiger partial charge on any atom is 0.176 e. The van der Waals surface area contributed by atoms with Crippen molar-refractivity contribution in [1.82, 2.24) is 0 Å². The molecule has 0 atom stereocenters. The highest BCUT2D eigenvalue weighted by Crippen LogP contribution is 2.23. The molecule has 0 aliphatic heterocycles. The van der Waals surface area contributed by atoms with E-state index in [4.69, 9.17) is 21.9 Å². The van der Waals surface area contributed by atoms with E-state index in [-0.39, 0.29) is 0 Å². The first kappa shape index (κ1) is 13.5. The summed E-state index contributed by atoms with van der Waals surface area (Å²) >= 11 is 0. The number of nitrogens with zero attached hydrogens (tertiary/aromatic N) is 2. The minimum atomic E-state index is -1.94. The molecule has 6 N–H and O–H groups in total. The van der Waals surface area contributed by atoms with Crippen LogP contribution in [0.3, 0.4) is 0 Å². The molecule has 18 heavy (non-hydrogen) atoms. The minimum Gasteiger partial charge on any atom is -0.409 e. The van der Waals surface area contributed by atoms with Gasteiger partial charge in [-0.1, -0.05) is 10.3 Å². The third-order valence-corrected chi connectivity index (χ3v) is 1.99. The SMILES string of the molecule is NC(=NO)c1c(F)c(F)c(C(N)=NO)c(F)c1F. The third kappa shape index (κ3) is 1.87. The molecule has 1 rings (SSSR count). The topological polar surface area (TPSA) is 117 Å². The molecule has 1 aromatic rings. The van der Waals surface area contributed by atoms with Gasteiger partial charge in [0.05, 0.1) is 11.1 Å². The predicted octanol–water partition coefficient (Wildman–Crippen LogP) is 0.432. The van der Waals surface area contributed by atoms with Gasteiger partial charge in [-0.3, -0.25) is 0 Å². The summed E-state index contributed by atoms with van der Waals surface area (Å²) in [5.74, 6) is -10.1. The molecule has 0 saturated carbocycles. The number of nitrogens with two attached hydrogens (primary N) is 2. The van der Waals surface area contributed by atoms with E-state index >= 15 is 0 Å². The van der Waals surface area contributed by atoms with Crippen molar-refractivity contribution < 1.29 is 28.0 Å². The Bertz CT molecular complexity index is 481. The van der Waals surface area contributed by atoms with Gasteiger partial charge in [-0.25, -0.2) is 17.6 Å². The van der Waals surface area contributed by atoms with E-state index in [1.165, 1.54) is 0 Å². The van der Waals surface area contributed by atoms with Gasteiger partial charge < -0.3 is 21.9 Å². The molecule has 0 saturated heterocycles. The number of hydrogen-bond donors (Lipinski definition) is 4. The zero-order chi connectivity index (χ0) is 14.0. The number of amidine groups is 2. The molecule has 0 heterocycles. The van der Waals surface area contributed by atoms with Gasteiger partial charge in [-0.15, -0.1) is 0 Å². The lowest BCUT2D eigenvalue weighted by Gasteiger charge is -2.09. The average molecular weight is 266 g/mol. The number of rotatable bonds is 2. The lowest BCUT2D eigenvalue weighted by molar-refractivity contribution is 0.316. The van der Waals surface area contributed by atoms with Crippen LogP contribution in [0, 0.1) is 23.3 Å². The molecule has 0 aromatic heterocycles. The van der Waals surface area contributed by atoms with E-state index in [0.29, 0.717) is 0 Å². The first-order chi connectivity index (χ1) is 8.36. The molecule has 1 aromatic carbocycles. The van der Waals surface area contributed by atoms with Crippen LogP contribution in [0.1, 0.15) is 11.1 Å². The Hall–Kier alpha value is -2.52. The number of halogens is 4. The van der Waals surface area contributed by atoms with Crippen molar-refractivity contribution in [3.05, 3.63) is 34.4 Å². The van der Waals surface area contributed by atoms with Crippen molar-refractivity contribution in [2.45, 2.75) is 0 Å². The summed E-state index contributed by atoms with van der Waals surface area (Å²) < 4.78 is 53.6. The first-order valence-corrected chi connectivity index (χ1v) is 4.18. The number of oxime groups is 2. The molecular weight excluding hydrogens is 260 g/mol. The lowest BCUT2D eigenvalue weighted by Crippen LogP contribution is -2.25. The molecule has 98 valence electrons. The van der Waals surface area contributed by atoms with Crippen LogP contribution in [-0.4, -0.2) is 22.1 Å². The Labute approximate surface area is 96.8 Å². The van der Waals surface area contributed by atoms with Crippen molar-refractivity contribution in [1.29, 1.82) is 0 Å². The van der Waals surface area contributed by atoms with Crippen LogP contribution in [-0.2, 0) is 0 Å². The minimum absolute atomic E-state index is 1.17. The highest BCUT2D eigenvalue weighted by molar-refractivity contribution is 6.01. The van der Waals surface area contributed by atoms with Crippen LogP contribution >= 0.6 is 0 Å². The molecule has 10 heteroatoms. The van der Waals surface area contributed by atoms with Crippen LogP contribution in [0.25, 0.3) is 0 Å². The summed E-state index contributed by atoms with van der Waals surface area (Å²) in [6.45, 7) is 0. The van der Waals surface area contributed by atoms with Gasteiger partial charge in [0.25, 0.3) is 0 Å². The van der Waals surface area contributed by atoms with Crippen molar-refractivity contribution in [3.8, 4) is 0 Å². The van der Waals surface area contributed by atoms with Gasteiger partial charge in [0.1, 0.15) is 0 Å². The van der Waals surface area contributed by atoms with Crippen molar-refractivity contribution in [2.24, 2.45) is 21.8 Å². The highest BCUT2D eigenvalue weighted by atomic mass is 19.2. The molecule has 0 amide bonds. The van der Waals surface area contributed by atoms with Crippen LogP contribution in [0.4, 0.5) is 17.6 Å². The molecule has 0 fully saturated rings. The number of benzene rings is 1. The fourth-order valence-electron chi connectivity index (χ4n) is 1.18. The largest absolute Gasteiger partial charge is 0.409 e. The van der Waals surface area contributed by atoms with Crippen molar-refractivity contribution in [2.75, 3.05) is 0 Å². The summed E-state index contributed by atoms with van der Waals surface area (Å²) in [5, 5.41) is 20.9. The van der Waals surface area contributed by atoms with Gasteiger partial charge in [-0.2, -0.15) is 0 Å². The fourth-order valence-corrected chi connectivity index (χ4v) is 1.18. The summed E-state index contributed by atoms with van der Waals surface area (Å²) in [7, 11) is 0. The second kappa shape index (κ2) is 4.77. The molecule has 0 spiro atoms. The second-order valence-corrected chi connectivity index (χ2v) is 2.98. The normalized spacial score (nSPS) is 12.9. The second-order valence-electron chi connectivity index (χ2n) is 2.98. The van der Waals surface area contributed by atoms with Gasteiger partial charge in [-0.05, 0) is 0 Å². The average Bonchev–Trinajstić information content (AvgIpc) is 2.36. The van der Waals surface area contributed by atoms with Crippen molar-refractivity contribution >= 4 is 11.7 Å². The summed E-state index contributed by atoms with van der Waals surface area (Å²) in [6.07, 6.45) is 0. The first-order valence-electron chi connectivity index (χ1n) is 4.18. The highest BCUT2D eigenvalue weighted by Gasteiger charge is 2.29. The lowest BCUT2D eigenvalue weighted by atomic mass is 10.1. The maximum absolute atomic E-state index is 13.4. The Morgan fingerprint density at radius 2 is 0.944 bits per heavy atom. The van der Waals surface area contributed by atoms with Crippen molar-refractivity contribution in [3.63, 3.8) is 0 Å². The van der Waals surface area contributed by atoms with Gasteiger partial charge in [0, 0.05) is 0 Å². The Kier molecular flexibility index (Phi) is 3.59. The Morgan fingerprint density at radius 1 is 0.722 bits per heavy atom. The molecule has 0 radical (unpaired) electrons. The van der Waals surface area contributed by atoms with E-state index < -0.39 is 46.1 Å². The summed E-state index contributed by atoms with van der Waals surface area (Å²) in [6, 6.07) is 0. The molecular formula is C8H6F4N4O2. The van der Waals surface area contributed by atoms with Gasteiger partial charge in [0.15, 0.2) is 34.9 Å². The van der Waals surface area contributed by atoms with Crippen LogP contribution < -0.4 is 11.5 Å². The fraction of sp³-hybridized carbons (Fsp3) is 0. The molecule has 0 unspecified atom stereocenters. The van der Waals surface area contributed by atoms with E-state index in [1.54, 1.807) is 0 Å². The number of hydrogen-bond acceptors (Lipinski definition) is 4. The third-order valence-electron chi connectivity index (χ3n) is 1.99. The van der Waals surface area contributed by atoms with Crippen LogP contribution in [0.2, 0.25) is 0 Å². The molecule has 0 aliphatic rings. The Morgan fingerprint density at radius 3 is 1.11 bits per heavy atom. The molecule has 6 nitrogen and oxygen atoms in total. The van der Waals surface area contributed by atoms with Gasteiger partial charge >= 0.3 is 0 Å². The Balaban J connectivity index is 3.77. The van der Waals surface area contributed by atoms with E-state index in [9.17, 15) is 17.6 Å². The van der Waals surface area contributed by atoms with E-state index in [0.717, 1.165) is 0 Å². The zero-order valence-corrected chi connectivity index (χ0v) is 8.46. The zero-order valence-electron chi connectivity index (χ0n) is 8.46. The van der Waals surface area contributed by atoms with E-state index in [2.05, 4.69) is 10.3 Å². The van der Waals surface area contributed by atoms with Crippen LogP contribution in [0.5, 0.6) is 0 Å². The molecule has 0 aliphatic carbocycles. The van der Waals surface area contributed by atoms with Crippen LogP contribution in [0.15, 0.2) is 10.3 Å². The van der Waals surface area contributed by atoms with E-state index in [1.807, 2.05) is 0 Å². The maximum atomic E-state index is 13.4. The summed E-state index contributed by atoms with van der Waals surface area (Å²) in [4.78, 5) is 0. The summed E-state index contributed by atoms with van der Waals surface area (Å²) in [5.41, 5.74) is 6.93. The van der Waals surface area contributed by atoms with Gasteiger partial charge in [0.2, 0.25) is 0 Å². The monoisotopic (exact) mass is 266 g/mol. The standard InChI is InChI=1S/C8H6F4N4O2/c9-3-1(7(13)15-17)4(10)6(12)2(5(3)11)8(14)16-18/h17-18H,(H2,13,15)(H2,14,16).